The lowest BCUT2D eigenvalue weighted by molar-refractivity contribution is -0.0295. The molecule has 0 aliphatic heterocycles. The van der Waals surface area contributed by atoms with Crippen molar-refractivity contribution in [2.45, 2.75) is 6.10 Å². The van der Waals surface area contributed by atoms with Crippen molar-refractivity contribution in [2.75, 3.05) is 18.5 Å². The van der Waals surface area contributed by atoms with Crippen LogP contribution in [0.4, 0.5) is 20.2 Å². The number of amides is 1. The van der Waals surface area contributed by atoms with Crippen LogP contribution in [0.2, 0.25) is 0 Å². The minimum atomic E-state index is -1.19. The summed E-state index contributed by atoms with van der Waals surface area (Å²) in [5, 5.41) is 20.9. The number of hydrogen-bond donors (Lipinski definition) is 4. The summed E-state index contributed by atoms with van der Waals surface area (Å²) in [7, 11) is 0. The predicted octanol–water partition coefficient (Wildman–Crippen LogP) is 3.07. The van der Waals surface area contributed by atoms with E-state index >= 15 is 0 Å². The Kier molecular flexibility index (Phi) is 6.44. The van der Waals surface area contributed by atoms with Gasteiger partial charge in [0.2, 0.25) is 0 Å². The Morgan fingerprint density at radius 2 is 2.07 bits per heavy atom. The van der Waals surface area contributed by atoms with Crippen molar-refractivity contribution in [1.29, 1.82) is 0 Å². The lowest BCUT2D eigenvalue weighted by atomic mass is 10.1. The maximum Gasteiger partial charge on any atom is 0.277 e. The van der Waals surface area contributed by atoms with E-state index < -0.39 is 30.3 Å². The van der Waals surface area contributed by atoms with Crippen LogP contribution in [-0.4, -0.2) is 35.4 Å². The van der Waals surface area contributed by atoms with Crippen molar-refractivity contribution in [3.05, 3.63) is 57.4 Å². The summed E-state index contributed by atoms with van der Waals surface area (Å²) in [5.41, 5.74) is 1.46. The second-order valence-electron chi connectivity index (χ2n) is 5.78. The molecule has 0 radical (unpaired) electrons. The van der Waals surface area contributed by atoms with E-state index in [0.717, 1.165) is 0 Å². The summed E-state index contributed by atoms with van der Waals surface area (Å²) in [5.74, 6) is -2.33. The van der Waals surface area contributed by atoms with Gasteiger partial charge in [0.05, 0.1) is 29.8 Å². The van der Waals surface area contributed by atoms with Gasteiger partial charge in [0.1, 0.15) is 18.5 Å². The summed E-state index contributed by atoms with van der Waals surface area (Å²) >= 11 is 1.94. The summed E-state index contributed by atoms with van der Waals surface area (Å²) < 4.78 is 34.9. The summed E-state index contributed by atoms with van der Waals surface area (Å²) in [6.07, 6.45) is 0.0746. The number of aliphatic hydroxyl groups excluding tert-OH is 2. The van der Waals surface area contributed by atoms with Crippen molar-refractivity contribution >= 4 is 50.8 Å². The minimum Gasteiger partial charge on any atom is -0.461 e. The Morgan fingerprint density at radius 3 is 2.79 bits per heavy atom. The molecule has 4 N–H and O–H groups in total. The number of fused-ring (bicyclic) bond motifs is 1. The number of carbonyl (C=O) groups excluding carboxylic acids is 1. The quantitative estimate of drug-likeness (QED) is 0.292. The zero-order chi connectivity index (χ0) is 20.3. The van der Waals surface area contributed by atoms with E-state index in [9.17, 15) is 18.7 Å². The van der Waals surface area contributed by atoms with Crippen LogP contribution in [0.15, 0.2) is 41.0 Å². The smallest absolute Gasteiger partial charge is 0.277 e. The molecule has 0 fully saturated rings. The monoisotopic (exact) mass is 504 g/mol. The van der Waals surface area contributed by atoms with Gasteiger partial charge in [-0.1, -0.05) is 0 Å². The van der Waals surface area contributed by atoms with Gasteiger partial charge < -0.3 is 19.9 Å². The van der Waals surface area contributed by atoms with Gasteiger partial charge in [-0.2, -0.15) is 0 Å². The minimum absolute atomic E-state index is 0.0316. The van der Waals surface area contributed by atoms with E-state index in [4.69, 9.17) is 14.4 Å². The standard InChI is InChI=1S/C18H15F2IN2O5/c19-13-6-10(21)1-2-14(13)22-16-12(18(26)23-28-8-11(25)7-24)5-9-3-4-27-17(9)15(16)20/h1-6,11,22,24-25H,7-8H2,(H,23,26)/t11-/m0/s1. The van der Waals surface area contributed by atoms with E-state index in [1.54, 1.807) is 6.07 Å². The Bertz CT molecular complexity index is 1010. The fourth-order valence-electron chi connectivity index (χ4n) is 2.41. The molecule has 0 saturated heterocycles. The van der Waals surface area contributed by atoms with Crippen LogP contribution in [0.1, 0.15) is 10.4 Å². The number of hydroxylamine groups is 1. The first-order valence-corrected chi connectivity index (χ1v) is 9.11. The van der Waals surface area contributed by atoms with Gasteiger partial charge in [0, 0.05) is 8.96 Å². The second-order valence-corrected chi connectivity index (χ2v) is 7.03. The zero-order valence-corrected chi connectivity index (χ0v) is 16.4. The highest BCUT2D eigenvalue weighted by atomic mass is 127. The maximum absolute atomic E-state index is 15.0. The molecule has 0 saturated carbocycles. The van der Waals surface area contributed by atoms with Crippen LogP contribution in [0, 0.1) is 15.2 Å². The second kappa shape index (κ2) is 8.82. The number of carbonyl (C=O) groups is 1. The van der Waals surface area contributed by atoms with Crippen molar-refractivity contribution < 1.29 is 33.0 Å². The van der Waals surface area contributed by atoms with Crippen LogP contribution in [0.25, 0.3) is 11.0 Å². The molecule has 7 nitrogen and oxygen atoms in total. The molecule has 0 aliphatic rings. The summed E-state index contributed by atoms with van der Waals surface area (Å²) in [6.45, 7) is -0.919. The van der Waals surface area contributed by atoms with Crippen molar-refractivity contribution in [1.82, 2.24) is 5.48 Å². The Balaban J connectivity index is 1.96. The fraction of sp³-hybridized carbons (Fsp3) is 0.167. The molecule has 2 aromatic carbocycles. The number of halogens is 3. The Hall–Kier alpha value is -2.28. The number of hydrogen-bond acceptors (Lipinski definition) is 6. The third-order valence-corrected chi connectivity index (χ3v) is 4.44. The predicted molar refractivity (Wildman–Crippen MR) is 105 cm³/mol. The van der Waals surface area contributed by atoms with E-state index in [0.29, 0.717) is 8.96 Å². The molecule has 0 bridgehead atoms. The Labute approximate surface area is 171 Å². The third-order valence-electron chi connectivity index (χ3n) is 3.77. The average molecular weight is 504 g/mol. The fourth-order valence-corrected chi connectivity index (χ4v) is 2.86. The molecule has 0 spiro atoms. The molecule has 0 unspecified atom stereocenters. The molecule has 1 aromatic heterocycles. The SMILES string of the molecule is O=C(NOC[C@@H](O)CO)c1cc2ccoc2c(F)c1Nc1ccc(I)cc1F. The number of benzene rings is 2. The number of aliphatic hydroxyl groups is 2. The van der Waals surface area contributed by atoms with E-state index in [-0.39, 0.29) is 29.1 Å². The average Bonchev–Trinajstić information content (AvgIpc) is 3.14. The molecular formula is C18H15F2IN2O5. The molecular weight excluding hydrogens is 489 g/mol. The van der Waals surface area contributed by atoms with Crippen LogP contribution in [-0.2, 0) is 4.84 Å². The Morgan fingerprint density at radius 1 is 1.29 bits per heavy atom. The van der Waals surface area contributed by atoms with Gasteiger partial charge in [-0.15, -0.1) is 0 Å². The van der Waals surface area contributed by atoms with E-state index in [1.807, 2.05) is 22.6 Å². The van der Waals surface area contributed by atoms with Gasteiger partial charge in [-0.3, -0.25) is 9.63 Å². The van der Waals surface area contributed by atoms with Gasteiger partial charge in [-0.25, -0.2) is 14.3 Å². The number of nitrogens with one attached hydrogen (secondary N) is 2. The summed E-state index contributed by atoms with van der Waals surface area (Å²) in [4.78, 5) is 17.3. The van der Waals surface area contributed by atoms with Crippen molar-refractivity contribution in [3.8, 4) is 0 Å². The first-order valence-electron chi connectivity index (χ1n) is 8.03. The van der Waals surface area contributed by atoms with Crippen molar-refractivity contribution in [2.24, 2.45) is 0 Å². The first-order chi connectivity index (χ1) is 13.4. The van der Waals surface area contributed by atoms with Gasteiger partial charge in [0.15, 0.2) is 11.4 Å². The molecule has 3 rings (SSSR count). The molecule has 1 heterocycles. The first kappa shape index (κ1) is 20.5. The zero-order valence-electron chi connectivity index (χ0n) is 14.2. The lowest BCUT2D eigenvalue weighted by Crippen LogP contribution is -2.30. The third kappa shape index (κ3) is 4.41. The summed E-state index contributed by atoms with van der Waals surface area (Å²) in [6, 6.07) is 7.12. The van der Waals surface area contributed by atoms with Crippen molar-refractivity contribution in [3.63, 3.8) is 0 Å². The van der Waals surface area contributed by atoms with E-state index in [1.165, 1.54) is 30.5 Å². The largest absolute Gasteiger partial charge is 0.461 e. The number of furan rings is 1. The molecule has 28 heavy (non-hydrogen) atoms. The van der Waals surface area contributed by atoms with Gasteiger partial charge in [0.25, 0.3) is 5.91 Å². The highest BCUT2D eigenvalue weighted by Gasteiger charge is 2.22. The molecule has 3 aromatic rings. The molecule has 1 atom stereocenters. The normalized spacial score (nSPS) is 12.2. The van der Waals surface area contributed by atoms with E-state index in [2.05, 4.69) is 10.8 Å². The van der Waals surface area contributed by atoms with Crippen LogP contribution >= 0.6 is 22.6 Å². The molecule has 0 aliphatic carbocycles. The van der Waals surface area contributed by atoms with Crippen LogP contribution in [0.5, 0.6) is 0 Å². The van der Waals surface area contributed by atoms with Crippen LogP contribution < -0.4 is 10.8 Å². The highest BCUT2D eigenvalue weighted by Crippen LogP contribution is 2.33. The molecule has 1 amide bonds. The topological polar surface area (TPSA) is 104 Å². The molecule has 10 heteroatoms. The lowest BCUT2D eigenvalue weighted by Gasteiger charge is -2.15. The van der Waals surface area contributed by atoms with Gasteiger partial charge >= 0.3 is 0 Å². The maximum atomic E-state index is 15.0. The number of anilines is 2. The van der Waals surface area contributed by atoms with Crippen LogP contribution in [0.3, 0.4) is 0 Å². The number of rotatable bonds is 7. The highest BCUT2D eigenvalue weighted by molar-refractivity contribution is 14.1. The molecule has 148 valence electrons. The van der Waals surface area contributed by atoms with Gasteiger partial charge in [-0.05, 0) is 52.9 Å².